The van der Waals surface area contributed by atoms with Crippen LogP contribution in [0.15, 0.2) is 12.1 Å². The zero-order valence-corrected chi connectivity index (χ0v) is 11.6. The van der Waals surface area contributed by atoms with Gasteiger partial charge in [0.15, 0.2) is 0 Å². The quantitative estimate of drug-likeness (QED) is 0.822. The number of hydrogen-bond acceptors (Lipinski definition) is 3. The Morgan fingerprint density at radius 2 is 2.22 bits per heavy atom. The van der Waals surface area contributed by atoms with E-state index in [4.69, 9.17) is 9.29 Å². The number of benzene rings is 1. The Balaban J connectivity index is 2.42. The number of ether oxygens (including phenoxy) is 1. The molecule has 5 nitrogen and oxygen atoms in total. The third kappa shape index (κ3) is 2.44. The van der Waals surface area contributed by atoms with E-state index in [9.17, 15) is 4.21 Å². The average Bonchev–Trinajstić information content (AvgIpc) is 2.69. The van der Waals surface area contributed by atoms with Gasteiger partial charge < -0.3 is 9.64 Å². The normalized spacial score (nSPS) is 15.7. The first-order valence-corrected chi connectivity index (χ1v) is 6.98. The number of hydrogen-bond donors (Lipinski definition) is 2. The Labute approximate surface area is 110 Å². The lowest BCUT2D eigenvalue weighted by molar-refractivity contribution is 0.416. The zero-order chi connectivity index (χ0) is 13.3. The van der Waals surface area contributed by atoms with Crippen molar-refractivity contribution < 1.29 is 13.5 Å². The lowest BCUT2D eigenvalue weighted by atomic mass is 10.1. The first kappa shape index (κ1) is 13.2. The van der Waals surface area contributed by atoms with Crippen molar-refractivity contribution in [3.8, 4) is 5.75 Å². The smallest absolute Gasteiger partial charge is 0.259 e. The van der Waals surface area contributed by atoms with Gasteiger partial charge in [0, 0.05) is 18.3 Å². The van der Waals surface area contributed by atoms with E-state index in [0.717, 1.165) is 18.7 Å². The molecular weight excluding hydrogens is 252 g/mol. The fourth-order valence-corrected chi connectivity index (χ4v) is 2.67. The van der Waals surface area contributed by atoms with Gasteiger partial charge in [-0.05, 0) is 38.0 Å². The Bertz CT molecular complexity index is 477. The van der Waals surface area contributed by atoms with Crippen LogP contribution in [0.25, 0.3) is 0 Å². The van der Waals surface area contributed by atoms with E-state index in [-0.39, 0.29) is 0 Å². The number of nitrogens with zero attached hydrogens (tertiary/aromatic N) is 1. The van der Waals surface area contributed by atoms with Crippen LogP contribution in [-0.2, 0) is 17.7 Å². The molecule has 1 heterocycles. The lowest BCUT2D eigenvalue weighted by Gasteiger charge is -2.24. The van der Waals surface area contributed by atoms with Crippen LogP contribution >= 0.6 is 0 Å². The van der Waals surface area contributed by atoms with Crippen molar-refractivity contribution in [2.75, 3.05) is 23.3 Å². The SMILES string of the molecule is COc1cc2c(cc1NS(=O)O)N(C(C)C)CC2. The van der Waals surface area contributed by atoms with E-state index in [0.29, 0.717) is 17.5 Å². The molecule has 1 aliphatic rings. The molecule has 2 rings (SSSR count). The van der Waals surface area contributed by atoms with Crippen LogP contribution in [0, 0.1) is 0 Å². The van der Waals surface area contributed by atoms with Crippen molar-refractivity contribution in [3.63, 3.8) is 0 Å². The van der Waals surface area contributed by atoms with Gasteiger partial charge in [0.2, 0.25) is 0 Å². The van der Waals surface area contributed by atoms with Gasteiger partial charge in [-0.15, -0.1) is 0 Å². The first-order valence-electron chi connectivity index (χ1n) is 5.88. The molecule has 6 heteroatoms. The average molecular weight is 270 g/mol. The van der Waals surface area contributed by atoms with Crippen LogP contribution in [0.5, 0.6) is 5.75 Å². The van der Waals surface area contributed by atoms with Crippen LogP contribution in [0.2, 0.25) is 0 Å². The van der Waals surface area contributed by atoms with Gasteiger partial charge in [0.1, 0.15) is 5.75 Å². The number of rotatable bonds is 4. The van der Waals surface area contributed by atoms with E-state index in [1.807, 2.05) is 12.1 Å². The van der Waals surface area contributed by atoms with Crippen molar-refractivity contribution in [2.24, 2.45) is 0 Å². The monoisotopic (exact) mass is 270 g/mol. The molecule has 0 amide bonds. The molecule has 1 atom stereocenters. The summed E-state index contributed by atoms with van der Waals surface area (Å²) in [6.07, 6.45) is 0.979. The highest BCUT2D eigenvalue weighted by molar-refractivity contribution is 7.80. The number of fused-ring (bicyclic) bond motifs is 1. The molecule has 0 saturated heterocycles. The highest BCUT2D eigenvalue weighted by Crippen LogP contribution is 2.38. The fourth-order valence-electron chi connectivity index (χ4n) is 2.32. The standard InChI is InChI=1S/C12H18N2O3S/c1-8(2)14-5-4-9-6-12(17-3)10(7-11(9)14)13-18(15)16/h6-8,13H,4-5H2,1-3H3,(H,15,16). The Morgan fingerprint density at radius 3 is 2.78 bits per heavy atom. The van der Waals surface area contributed by atoms with E-state index in [2.05, 4.69) is 23.5 Å². The van der Waals surface area contributed by atoms with Gasteiger partial charge in [0.05, 0.1) is 12.8 Å². The third-order valence-corrected chi connectivity index (χ3v) is 3.55. The summed E-state index contributed by atoms with van der Waals surface area (Å²) in [7, 11) is 1.56. The molecular formula is C12H18N2O3S. The summed E-state index contributed by atoms with van der Waals surface area (Å²) in [6, 6.07) is 4.23. The second kappa shape index (κ2) is 5.16. The van der Waals surface area contributed by atoms with Gasteiger partial charge in [-0.2, -0.15) is 0 Å². The van der Waals surface area contributed by atoms with Crippen LogP contribution in [0.1, 0.15) is 19.4 Å². The van der Waals surface area contributed by atoms with Crippen molar-refractivity contribution in [1.29, 1.82) is 0 Å². The maximum Gasteiger partial charge on any atom is 0.259 e. The summed E-state index contributed by atoms with van der Waals surface area (Å²) in [5.74, 6) is 0.599. The molecule has 2 N–H and O–H groups in total. The van der Waals surface area contributed by atoms with Crippen molar-refractivity contribution in [1.82, 2.24) is 0 Å². The van der Waals surface area contributed by atoms with Crippen LogP contribution < -0.4 is 14.4 Å². The highest BCUT2D eigenvalue weighted by Gasteiger charge is 2.23. The van der Waals surface area contributed by atoms with Gasteiger partial charge in [-0.25, -0.2) is 4.21 Å². The van der Waals surface area contributed by atoms with Gasteiger partial charge in [-0.3, -0.25) is 9.27 Å². The molecule has 1 aromatic rings. The van der Waals surface area contributed by atoms with Crippen molar-refractivity contribution in [2.45, 2.75) is 26.3 Å². The maximum atomic E-state index is 10.9. The summed E-state index contributed by atoms with van der Waals surface area (Å²) in [4.78, 5) is 2.28. The van der Waals surface area contributed by atoms with E-state index in [1.165, 1.54) is 5.56 Å². The highest BCUT2D eigenvalue weighted by atomic mass is 32.2. The summed E-state index contributed by atoms with van der Waals surface area (Å²) < 4.78 is 27.6. The van der Waals surface area contributed by atoms with Crippen LogP contribution in [0.4, 0.5) is 11.4 Å². The van der Waals surface area contributed by atoms with Crippen molar-refractivity contribution >= 4 is 22.6 Å². The van der Waals surface area contributed by atoms with Crippen molar-refractivity contribution in [3.05, 3.63) is 17.7 Å². The Hall–Kier alpha value is -1.27. The molecule has 1 aliphatic heterocycles. The molecule has 0 aliphatic carbocycles. The van der Waals surface area contributed by atoms with Gasteiger partial charge in [0.25, 0.3) is 11.3 Å². The second-order valence-electron chi connectivity index (χ2n) is 4.57. The molecule has 1 aromatic carbocycles. The second-order valence-corrected chi connectivity index (χ2v) is 5.27. The summed E-state index contributed by atoms with van der Waals surface area (Å²) >= 11 is -2.10. The molecule has 0 bridgehead atoms. The van der Waals surface area contributed by atoms with Crippen LogP contribution in [0.3, 0.4) is 0 Å². The molecule has 0 saturated carbocycles. The number of nitrogens with one attached hydrogen (secondary N) is 1. The predicted octanol–water partition coefficient (Wildman–Crippen LogP) is 2.01. The van der Waals surface area contributed by atoms with Crippen LogP contribution in [-0.4, -0.2) is 28.5 Å². The predicted molar refractivity (Wildman–Crippen MR) is 73.6 cm³/mol. The molecule has 1 unspecified atom stereocenters. The largest absolute Gasteiger partial charge is 0.495 e. The van der Waals surface area contributed by atoms with E-state index >= 15 is 0 Å². The topological polar surface area (TPSA) is 61.8 Å². The Kier molecular flexibility index (Phi) is 3.77. The maximum absolute atomic E-state index is 10.9. The van der Waals surface area contributed by atoms with Gasteiger partial charge >= 0.3 is 0 Å². The Morgan fingerprint density at radius 1 is 1.50 bits per heavy atom. The molecule has 0 fully saturated rings. The minimum Gasteiger partial charge on any atom is -0.495 e. The van der Waals surface area contributed by atoms with E-state index < -0.39 is 11.3 Å². The number of methoxy groups -OCH3 is 1. The van der Waals surface area contributed by atoms with E-state index in [1.54, 1.807) is 7.11 Å². The molecule has 100 valence electrons. The molecule has 0 aromatic heterocycles. The minimum absolute atomic E-state index is 0.409. The number of anilines is 2. The fraction of sp³-hybridized carbons (Fsp3) is 0.500. The third-order valence-electron chi connectivity index (χ3n) is 3.15. The first-order chi connectivity index (χ1) is 8.52. The van der Waals surface area contributed by atoms with Gasteiger partial charge in [-0.1, -0.05) is 0 Å². The molecule has 0 spiro atoms. The summed E-state index contributed by atoms with van der Waals surface area (Å²) in [5, 5.41) is 0. The lowest BCUT2D eigenvalue weighted by Crippen LogP contribution is -2.28. The molecule has 18 heavy (non-hydrogen) atoms. The zero-order valence-electron chi connectivity index (χ0n) is 10.8. The summed E-state index contributed by atoms with van der Waals surface area (Å²) in [6.45, 7) is 5.25. The minimum atomic E-state index is -2.10. The molecule has 0 radical (unpaired) electrons. The summed E-state index contributed by atoms with van der Waals surface area (Å²) in [5.41, 5.74) is 2.87.